The highest BCUT2D eigenvalue weighted by molar-refractivity contribution is 7.15. The average molecular weight is 278 g/mol. The second kappa shape index (κ2) is 5.51. The minimum atomic E-state index is 0.661. The largest absolute Gasteiger partial charge is 0.352 e. The molecule has 0 spiro atoms. The number of nitrogens with one attached hydrogen (secondary N) is 1. The van der Waals surface area contributed by atoms with Gasteiger partial charge in [-0.25, -0.2) is 4.98 Å². The fourth-order valence-corrected chi connectivity index (χ4v) is 3.81. The molecule has 0 bridgehead atoms. The minimum Gasteiger partial charge on any atom is -0.352 e. The molecule has 5 heteroatoms. The van der Waals surface area contributed by atoms with Gasteiger partial charge in [0.15, 0.2) is 10.8 Å². The lowest BCUT2D eigenvalue weighted by molar-refractivity contribution is 0.446. The number of piperidine rings is 1. The van der Waals surface area contributed by atoms with Crippen LogP contribution in [0.5, 0.6) is 0 Å². The van der Waals surface area contributed by atoms with Crippen molar-refractivity contribution in [1.29, 1.82) is 0 Å². The molecule has 3 rings (SSSR count). The lowest BCUT2D eigenvalue weighted by Gasteiger charge is -2.36. The first-order valence-corrected chi connectivity index (χ1v) is 8.08. The minimum absolute atomic E-state index is 0.661. The third-order valence-corrected chi connectivity index (χ3v) is 4.81. The summed E-state index contributed by atoms with van der Waals surface area (Å²) in [5.74, 6) is 1.20. The van der Waals surface area contributed by atoms with Gasteiger partial charge in [-0.15, -0.1) is 11.3 Å². The van der Waals surface area contributed by atoms with Gasteiger partial charge in [-0.05, 0) is 32.7 Å². The molecular weight excluding hydrogens is 256 g/mol. The van der Waals surface area contributed by atoms with Gasteiger partial charge in [-0.2, -0.15) is 0 Å². The van der Waals surface area contributed by atoms with Crippen molar-refractivity contribution in [1.82, 2.24) is 14.7 Å². The number of nitrogens with zero attached hydrogens (tertiary/aromatic N) is 3. The van der Waals surface area contributed by atoms with Crippen LogP contribution < -0.4 is 10.2 Å². The van der Waals surface area contributed by atoms with Crippen molar-refractivity contribution in [3.05, 3.63) is 17.3 Å². The number of rotatable bonds is 4. The van der Waals surface area contributed by atoms with Crippen LogP contribution in [0.25, 0.3) is 4.96 Å². The molecule has 2 aromatic rings. The van der Waals surface area contributed by atoms with Gasteiger partial charge >= 0.3 is 0 Å². The zero-order valence-electron chi connectivity index (χ0n) is 11.7. The Balaban J connectivity index is 2.02. The number of fused-ring (bicyclic) bond motifs is 1. The van der Waals surface area contributed by atoms with Gasteiger partial charge in [0, 0.05) is 30.7 Å². The maximum absolute atomic E-state index is 4.88. The molecule has 0 radical (unpaired) electrons. The highest BCUT2D eigenvalue weighted by Crippen LogP contribution is 2.30. The van der Waals surface area contributed by atoms with Gasteiger partial charge in [-0.1, -0.05) is 6.92 Å². The monoisotopic (exact) mass is 278 g/mol. The van der Waals surface area contributed by atoms with Gasteiger partial charge in [0.2, 0.25) is 0 Å². The Kier molecular flexibility index (Phi) is 3.75. The highest BCUT2D eigenvalue weighted by atomic mass is 32.1. The van der Waals surface area contributed by atoms with Crippen LogP contribution in [0.2, 0.25) is 0 Å². The molecule has 1 atom stereocenters. The number of anilines is 1. The molecule has 1 aliphatic rings. The van der Waals surface area contributed by atoms with Crippen molar-refractivity contribution in [3.63, 3.8) is 0 Å². The van der Waals surface area contributed by atoms with Crippen molar-refractivity contribution in [3.8, 4) is 0 Å². The van der Waals surface area contributed by atoms with E-state index in [9.17, 15) is 0 Å². The Bertz CT molecular complexity index is 545. The van der Waals surface area contributed by atoms with Crippen molar-refractivity contribution in [2.45, 2.75) is 45.2 Å². The summed E-state index contributed by atoms with van der Waals surface area (Å²) in [6, 6.07) is 0.661. The molecule has 19 heavy (non-hydrogen) atoms. The Morgan fingerprint density at radius 3 is 3.16 bits per heavy atom. The fraction of sp³-hybridized carbons (Fsp3) is 0.643. The van der Waals surface area contributed by atoms with Gasteiger partial charge in [0.05, 0.1) is 5.69 Å². The van der Waals surface area contributed by atoms with E-state index in [1.807, 2.05) is 7.05 Å². The molecular formula is C14H22N4S. The van der Waals surface area contributed by atoms with Crippen LogP contribution in [0, 0.1) is 0 Å². The first-order valence-electron chi connectivity index (χ1n) is 7.20. The third-order valence-electron chi connectivity index (χ3n) is 4.05. The number of hydrogen-bond donors (Lipinski definition) is 1. The van der Waals surface area contributed by atoms with E-state index in [4.69, 9.17) is 4.98 Å². The number of imidazole rings is 1. The first kappa shape index (κ1) is 12.9. The number of hydrogen-bond acceptors (Lipinski definition) is 4. The Hall–Kier alpha value is -1.07. The topological polar surface area (TPSA) is 32.6 Å². The van der Waals surface area contributed by atoms with E-state index in [1.165, 1.54) is 37.2 Å². The van der Waals surface area contributed by atoms with Crippen molar-refractivity contribution in [2.24, 2.45) is 0 Å². The maximum atomic E-state index is 4.88. The van der Waals surface area contributed by atoms with Crippen LogP contribution in [0.3, 0.4) is 0 Å². The molecule has 3 heterocycles. The molecule has 0 aliphatic carbocycles. The summed E-state index contributed by atoms with van der Waals surface area (Å²) in [4.78, 5) is 8.53. The van der Waals surface area contributed by atoms with E-state index >= 15 is 0 Å². The smallest absolute Gasteiger partial charge is 0.195 e. The predicted octanol–water partition coefficient (Wildman–Crippen LogP) is 2.88. The second-order valence-corrected chi connectivity index (χ2v) is 6.09. The quantitative estimate of drug-likeness (QED) is 0.933. The van der Waals surface area contributed by atoms with Gasteiger partial charge in [0.25, 0.3) is 0 Å². The highest BCUT2D eigenvalue weighted by Gasteiger charge is 2.26. The second-order valence-electron chi connectivity index (χ2n) is 5.22. The molecule has 1 unspecified atom stereocenters. The Morgan fingerprint density at radius 2 is 2.37 bits per heavy atom. The van der Waals surface area contributed by atoms with Crippen LogP contribution >= 0.6 is 11.3 Å². The molecule has 0 aromatic carbocycles. The molecule has 2 aromatic heterocycles. The van der Waals surface area contributed by atoms with Crippen molar-refractivity contribution in [2.75, 3.05) is 18.5 Å². The van der Waals surface area contributed by atoms with E-state index in [2.05, 4.69) is 33.1 Å². The van der Waals surface area contributed by atoms with E-state index in [1.54, 1.807) is 11.3 Å². The van der Waals surface area contributed by atoms with E-state index in [0.29, 0.717) is 6.04 Å². The molecule has 1 fully saturated rings. The average Bonchev–Trinajstić information content (AvgIpc) is 3.01. The van der Waals surface area contributed by atoms with E-state index in [0.717, 1.165) is 18.1 Å². The van der Waals surface area contributed by atoms with E-state index < -0.39 is 0 Å². The number of aromatic nitrogens is 2. The van der Waals surface area contributed by atoms with Crippen LogP contribution in [-0.4, -0.2) is 29.0 Å². The first-order chi connectivity index (χ1) is 9.35. The summed E-state index contributed by atoms with van der Waals surface area (Å²) < 4.78 is 2.23. The SMILES string of the molecule is CCC1CCCCN1c1nc2sccn2c1CNC. The molecule has 1 saturated heterocycles. The molecule has 0 saturated carbocycles. The molecule has 104 valence electrons. The summed E-state index contributed by atoms with van der Waals surface area (Å²) in [5.41, 5.74) is 1.30. The zero-order chi connectivity index (χ0) is 13.2. The van der Waals surface area contributed by atoms with Crippen molar-refractivity contribution < 1.29 is 0 Å². The van der Waals surface area contributed by atoms with Crippen LogP contribution in [-0.2, 0) is 6.54 Å². The lowest BCUT2D eigenvalue weighted by Crippen LogP contribution is -2.40. The van der Waals surface area contributed by atoms with Crippen LogP contribution in [0.15, 0.2) is 11.6 Å². The Labute approximate surface area is 118 Å². The zero-order valence-corrected chi connectivity index (χ0v) is 12.5. The van der Waals surface area contributed by atoms with Crippen LogP contribution in [0.1, 0.15) is 38.3 Å². The summed E-state index contributed by atoms with van der Waals surface area (Å²) in [5, 5.41) is 5.39. The third kappa shape index (κ3) is 2.25. The van der Waals surface area contributed by atoms with Crippen molar-refractivity contribution >= 4 is 22.1 Å². The van der Waals surface area contributed by atoms with Crippen LogP contribution in [0.4, 0.5) is 5.82 Å². The van der Waals surface area contributed by atoms with Gasteiger partial charge in [-0.3, -0.25) is 4.40 Å². The molecule has 1 N–H and O–H groups in total. The summed E-state index contributed by atoms with van der Waals surface area (Å²) in [6.07, 6.45) is 7.30. The Morgan fingerprint density at radius 1 is 1.47 bits per heavy atom. The van der Waals surface area contributed by atoms with Gasteiger partial charge < -0.3 is 10.2 Å². The summed E-state index contributed by atoms with van der Waals surface area (Å²) in [6.45, 7) is 4.32. The van der Waals surface area contributed by atoms with Gasteiger partial charge in [0.1, 0.15) is 0 Å². The summed E-state index contributed by atoms with van der Waals surface area (Å²) >= 11 is 1.72. The standard InChI is InChI=1S/C14H22N4S/c1-3-11-6-4-5-7-17(11)13-12(10-15-2)18-8-9-19-14(18)16-13/h8-9,11,15H,3-7,10H2,1-2H3. The molecule has 0 amide bonds. The molecule has 4 nitrogen and oxygen atoms in total. The summed E-state index contributed by atoms with van der Waals surface area (Å²) in [7, 11) is 2.00. The predicted molar refractivity (Wildman–Crippen MR) is 81.1 cm³/mol. The normalized spacial score (nSPS) is 20.3. The molecule has 1 aliphatic heterocycles. The maximum Gasteiger partial charge on any atom is 0.195 e. The number of thiazole rings is 1. The fourth-order valence-electron chi connectivity index (χ4n) is 3.09. The lowest BCUT2D eigenvalue weighted by atomic mass is 10.00. The van der Waals surface area contributed by atoms with E-state index in [-0.39, 0.29) is 0 Å².